The van der Waals surface area contributed by atoms with Gasteiger partial charge < -0.3 is 10.1 Å². The Bertz CT molecular complexity index is 1270. The highest BCUT2D eigenvalue weighted by atomic mass is 35.5. The zero-order valence-corrected chi connectivity index (χ0v) is 18.1. The number of hydrogen-bond acceptors (Lipinski definition) is 6. The molecule has 0 radical (unpaired) electrons. The van der Waals surface area contributed by atoms with E-state index in [4.69, 9.17) is 16.3 Å². The molecule has 4 aromatic rings. The van der Waals surface area contributed by atoms with Crippen LogP contribution in [0.5, 0.6) is 5.75 Å². The summed E-state index contributed by atoms with van der Waals surface area (Å²) < 4.78 is 7.61. The lowest BCUT2D eigenvalue weighted by atomic mass is 10.2. The first-order chi connectivity index (χ1) is 15.0. The summed E-state index contributed by atoms with van der Waals surface area (Å²) >= 11 is 7.38. The van der Waals surface area contributed by atoms with Crippen molar-refractivity contribution >= 4 is 40.6 Å². The maximum absolute atomic E-state index is 12.7. The number of nitrogens with zero attached hydrogens (tertiary/aromatic N) is 4. The van der Waals surface area contributed by atoms with Gasteiger partial charge in [0.2, 0.25) is 5.91 Å². The summed E-state index contributed by atoms with van der Waals surface area (Å²) in [7, 11) is 1.57. The third kappa shape index (κ3) is 4.89. The molecule has 0 aliphatic rings. The van der Waals surface area contributed by atoms with E-state index in [2.05, 4.69) is 15.4 Å². The molecule has 0 saturated heterocycles. The van der Waals surface area contributed by atoms with Crippen LogP contribution < -0.4 is 15.7 Å². The molecule has 31 heavy (non-hydrogen) atoms. The highest BCUT2D eigenvalue weighted by molar-refractivity contribution is 7.98. The Morgan fingerprint density at radius 1 is 1.16 bits per heavy atom. The Hall–Kier alpha value is -3.30. The summed E-state index contributed by atoms with van der Waals surface area (Å²) in [6.07, 6.45) is 3.08. The number of thioether (sulfide) groups is 1. The van der Waals surface area contributed by atoms with Crippen LogP contribution in [0.4, 0.5) is 5.69 Å². The average molecular weight is 456 g/mol. The molecule has 1 amide bonds. The van der Waals surface area contributed by atoms with Crippen LogP contribution >= 0.6 is 23.4 Å². The Morgan fingerprint density at radius 3 is 2.61 bits per heavy atom. The third-order valence-electron chi connectivity index (χ3n) is 4.43. The fraction of sp³-hybridized carbons (Fsp3) is 0.143. The monoisotopic (exact) mass is 455 g/mol. The van der Waals surface area contributed by atoms with Gasteiger partial charge in [0.1, 0.15) is 17.3 Å². The van der Waals surface area contributed by atoms with Crippen molar-refractivity contribution in [2.45, 2.75) is 17.3 Å². The molecule has 158 valence electrons. The molecule has 0 atom stereocenters. The minimum absolute atomic E-state index is 0.214. The molecular weight excluding hydrogens is 438 g/mol. The SMILES string of the molecule is COc1ccc(NC(=O)Cn2nc3c(SCc4ccc(Cl)cc4)nccn3c2=O)cc1. The predicted octanol–water partition coefficient (Wildman–Crippen LogP) is 3.48. The lowest BCUT2D eigenvalue weighted by Gasteiger charge is -2.05. The second-order valence-corrected chi connectivity index (χ2v) is 7.96. The van der Waals surface area contributed by atoms with E-state index >= 15 is 0 Å². The topological polar surface area (TPSA) is 90.5 Å². The standard InChI is InChI=1S/C21H18ClN5O3S/c1-30-17-8-6-16(7-9-17)24-18(28)12-27-21(29)26-11-10-23-20(19(26)25-27)31-13-14-2-4-15(22)5-3-14/h2-11H,12-13H2,1H3,(H,24,28). The number of carbonyl (C=O) groups is 1. The number of aromatic nitrogens is 4. The van der Waals surface area contributed by atoms with Gasteiger partial charge in [0.15, 0.2) is 5.65 Å². The molecule has 0 saturated carbocycles. The highest BCUT2D eigenvalue weighted by Crippen LogP contribution is 2.24. The number of nitrogens with one attached hydrogen (secondary N) is 1. The van der Waals surface area contributed by atoms with Gasteiger partial charge in [-0.05, 0) is 42.0 Å². The molecule has 0 fully saturated rings. The number of ether oxygens (including phenoxy) is 1. The smallest absolute Gasteiger partial charge is 0.350 e. The van der Waals surface area contributed by atoms with Crippen LogP contribution in [0.2, 0.25) is 5.02 Å². The lowest BCUT2D eigenvalue weighted by molar-refractivity contribution is -0.117. The van der Waals surface area contributed by atoms with Crippen molar-refractivity contribution in [3.8, 4) is 5.75 Å². The number of benzene rings is 2. The Balaban J connectivity index is 1.50. The quantitative estimate of drug-likeness (QED) is 0.429. The van der Waals surface area contributed by atoms with E-state index in [-0.39, 0.29) is 12.5 Å². The molecule has 0 unspecified atom stereocenters. The number of fused-ring (bicyclic) bond motifs is 1. The molecule has 1 N–H and O–H groups in total. The highest BCUT2D eigenvalue weighted by Gasteiger charge is 2.15. The molecule has 8 nitrogen and oxygen atoms in total. The van der Waals surface area contributed by atoms with Gasteiger partial charge in [-0.15, -0.1) is 5.10 Å². The van der Waals surface area contributed by atoms with Gasteiger partial charge in [-0.25, -0.2) is 18.9 Å². The van der Waals surface area contributed by atoms with Crippen LogP contribution in [0.25, 0.3) is 5.65 Å². The molecule has 10 heteroatoms. The summed E-state index contributed by atoms with van der Waals surface area (Å²) in [4.78, 5) is 29.4. The predicted molar refractivity (Wildman–Crippen MR) is 120 cm³/mol. The Kier molecular flexibility index (Phi) is 6.24. The Labute approximate surface area is 186 Å². The molecule has 0 spiro atoms. The normalized spacial score (nSPS) is 10.9. The van der Waals surface area contributed by atoms with E-state index in [1.165, 1.54) is 22.4 Å². The number of carbonyl (C=O) groups excluding carboxylic acids is 1. The van der Waals surface area contributed by atoms with Gasteiger partial charge in [-0.3, -0.25) is 4.79 Å². The van der Waals surface area contributed by atoms with E-state index < -0.39 is 5.69 Å². The van der Waals surface area contributed by atoms with Gasteiger partial charge in [-0.2, -0.15) is 0 Å². The van der Waals surface area contributed by atoms with Crippen LogP contribution in [0.15, 0.2) is 70.7 Å². The fourth-order valence-electron chi connectivity index (χ4n) is 2.87. The first kappa shape index (κ1) is 21.0. The summed E-state index contributed by atoms with van der Waals surface area (Å²) in [5.41, 5.74) is 1.67. The molecule has 0 bridgehead atoms. The number of rotatable bonds is 7. The van der Waals surface area contributed by atoms with Crippen molar-refractivity contribution in [3.63, 3.8) is 0 Å². The number of methoxy groups -OCH3 is 1. The average Bonchev–Trinajstić information content (AvgIpc) is 3.09. The maximum atomic E-state index is 12.7. The van der Waals surface area contributed by atoms with E-state index in [9.17, 15) is 9.59 Å². The summed E-state index contributed by atoms with van der Waals surface area (Å²) in [6.45, 7) is -0.214. The van der Waals surface area contributed by atoms with Crippen LogP contribution in [0, 0.1) is 0 Å². The van der Waals surface area contributed by atoms with Crippen molar-refractivity contribution in [2.75, 3.05) is 12.4 Å². The number of halogens is 1. The molecule has 0 aliphatic carbocycles. The second kappa shape index (κ2) is 9.23. The molecular formula is C21H18ClN5O3S. The summed E-state index contributed by atoms with van der Waals surface area (Å²) in [6, 6.07) is 14.4. The zero-order valence-electron chi connectivity index (χ0n) is 16.5. The molecule has 2 aromatic heterocycles. The number of amides is 1. The largest absolute Gasteiger partial charge is 0.497 e. The van der Waals surface area contributed by atoms with Gasteiger partial charge in [-0.1, -0.05) is 35.5 Å². The molecule has 4 rings (SSSR count). The molecule has 0 aliphatic heterocycles. The van der Waals surface area contributed by atoms with Gasteiger partial charge >= 0.3 is 5.69 Å². The number of anilines is 1. The molecule has 2 heterocycles. The second-order valence-electron chi connectivity index (χ2n) is 6.56. The maximum Gasteiger partial charge on any atom is 0.350 e. The van der Waals surface area contributed by atoms with Gasteiger partial charge in [0.25, 0.3) is 0 Å². The van der Waals surface area contributed by atoms with Crippen molar-refractivity contribution in [2.24, 2.45) is 0 Å². The fourth-order valence-corrected chi connectivity index (χ4v) is 3.90. The van der Waals surface area contributed by atoms with Crippen LogP contribution in [0.3, 0.4) is 0 Å². The number of hydrogen-bond donors (Lipinski definition) is 1. The van der Waals surface area contributed by atoms with Crippen molar-refractivity contribution in [1.29, 1.82) is 0 Å². The van der Waals surface area contributed by atoms with Crippen molar-refractivity contribution in [1.82, 2.24) is 19.2 Å². The van der Waals surface area contributed by atoms with E-state index in [1.54, 1.807) is 37.6 Å². The van der Waals surface area contributed by atoms with E-state index in [1.807, 2.05) is 24.3 Å². The lowest BCUT2D eigenvalue weighted by Crippen LogP contribution is -2.28. The van der Waals surface area contributed by atoms with Gasteiger partial charge in [0, 0.05) is 28.9 Å². The Morgan fingerprint density at radius 2 is 1.90 bits per heavy atom. The zero-order chi connectivity index (χ0) is 21.8. The molecule has 2 aromatic carbocycles. The first-order valence-corrected chi connectivity index (χ1v) is 10.6. The van der Waals surface area contributed by atoms with E-state index in [0.29, 0.717) is 32.9 Å². The van der Waals surface area contributed by atoms with Crippen molar-refractivity contribution < 1.29 is 9.53 Å². The first-order valence-electron chi connectivity index (χ1n) is 9.29. The van der Waals surface area contributed by atoms with Crippen molar-refractivity contribution in [3.05, 3.63) is 82.0 Å². The summed E-state index contributed by atoms with van der Waals surface area (Å²) in [5, 5.41) is 8.35. The van der Waals surface area contributed by atoms with Gasteiger partial charge in [0.05, 0.1) is 7.11 Å². The third-order valence-corrected chi connectivity index (χ3v) is 5.72. The van der Waals surface area contributed by atoms with Crippen LogP contribution in [-0.4, -0.2) is 32.2 Å². The van der Waals surface area contributed by atoms with Crippen LogP contribution in [0.1, 0.15) is 5.56 Å². The van der Waals surface area contributed by atoms with E-state index in [0.717, 1.165) is 10.2 Å². The minimum Gasteiger partial charge on any atom is -0.497 e. The minimum atomic E-state index is -0.407. The summed E-state index contributed by atoms with van der Waals surface area (Å²) in [5.74, 6) is 0.966. The van der Waals surface area contributed by atoms with Crippen LogP contribution in [-0.2, 0) is 17.1 Å².